The number of nitrogens with zero attached hydrogens (tertiary/aromatic N) is 1. The van der Waals surface area contributed by atoms with Gasteiger partial charge in [0.15, 0.2) is 0 Å². The minimum Gasteiger partial charge on any atom is -0.455 e. The average molecular weight is 1020 g/mol. The lowest BCUT2D eigenvalue weighted by Gasteiger charge is -2.35. The van der Waals surface area contributed by atoms with Crippen molar-refractivity contribution in [2.75, 3.05) is 4.90 Å². The number of para-hydroxylation sites is 2. The number of anilines is 3. The van der Waals surface area contributed by atoms with Crippen LogP contribution < -0.4 is 4.90 Å². The van der Waals surface area contributed by atoms with Crippen LogP contribution in [-0.2, 0) is 16.2 Å². The fourth-order valence-electron chi connectivity index (χ4n) is 15.2. The van der Waals surface area contributed by atoms with Gasteiger partial charge in [-0.3, -0.25) is 0 Å². The lowest BCUT2D eigenvalue weighted by molar-refractivity contribution is 0.600. The zero-order valence-corrected chi connectivity index (χ0v) is 44.9. The Morgan fingerprint density at radius 3 is 1.50 bits per heavy atom. The van der Waals surface area contributed by atoms with Gasteiger partial charge in [0.1, 0.15) is 22.3 Å². The Hall–Kier alpha value is -9.70. The molecule has 3 nitrogen and oxygen atoms in total. The third kappa shape index (κ3) is 5.88. The van der Waals surface area contributed by atoms with Gasteiger partial charge in [0.05, 0.1) is 5.41 Å². The molecule has 17 rings (SSSR count). The van der Waals surface area contributed by atoms with Gasteiger partial charge < -0.3 is 13.7 Å². The average Bonchev–Trinajstić information content (AvgIpc) is 3.41. The molecule has 12 aromatic carbocycles. The van der Waals surface area contributed by atoms with Crippen molar-refractivity contribution < 1.29 is 8.83 Å². The summed E-state index contributed by atoms with van der Waals surface area (Å²) in [6, 6.07) is 92.1. The molecule has 0 aliphatic heterocycles. The summed E-state index contributed by atoms with van der Waals surface area (Å²) >= 11 is 0. The summed E-state index contributed by atoms with van der Waals surface area (Å²) in [5.74, 6) is 0. The van der Waals surface area contributed by atoms with E-state index in [1.807, 2.05) is 0 Å². The first-order valence-electron chi connectivity index (χ1n) is 28.1. The van der Waals surface area contributed by atoms with Gasteiger partial charge in [-0.15, -0.1) is 0 Å². The lowest BCUT2D eigenvalue weighted by atomic mass is 9.67. The van der Waals surface area contributed by atoms with E-state index in [-0.39, 0.29) is 10.8 Å². The van der Waals surface area contributed by atoms with Gasteiger partial charge in [0, 0.05) is 60.6 Å². The van der Waals surface area contributed by atoms with Crippen LogP contribution in [0.4, 0.5) is 17.1 Å². The normalized spacial score (nSPS) is 14.8. The molecule has 2 heterocycles. The standard InChI is InChI=1S/C77H53NO2/c1-75(2)60-33-19-16-30-54(60)70-72(75)71-67(69-58-32-18-21-35-65(58)80-74(69)70)55-40-38-52(43-61(55)76(71,3)4)78(51-37-36-46-22-14-15-25-48(46)42-51)53-39-41-56-62(44-53)77(49-26-10-6-11-27-49,50-28-12-7-13-29-50)63-45-59(47-23-8-5-9-24-47)73-68(66(56)63)57-31-17-20-34-64(57)79-73/h5-45H,1-4H3. The van der Waals surface area contributed by atoms with Crippen molar-refractivity contribution in [1.29, 1.82) is 0 Å². The predicted molar refractivity (Wildman–Crippen MR) is 331 cm³/mol. The summed E-state index contributed by atoms with van der Waals surface area (Å²) in [4.78, 5) is 2.51. The number of benzene rings is 12. The second-order valence-corrected chi connectivity index (χ2v) is 23.4. The van der Waals surface area contributed by atoms with Gasteiger partial charge in [-0.05, 0) is 143 Å². The van der Waals surface area contributed by atoms with E-state index in [0.717, 1.165) is 66.7 Å². The molecule has 378 valence electrons. The molecule has 0 spiro atoms. The van der Waals surface area contributed by atoms with E-state index >= 15 is 0 Å². The Labute approximate surface area is 464 Å². The lowest BCUT2D eigenvalue weighted by Crippen LogP contribution is -2.29. The van der Waals surface area contributed by atoms with E-state index in [9.17, 15) is 0 Å². The number of hydrogen-bond donors (Lipinski definition) is 0. The molecule has 80 heavy (non-hydrogen) atoms. The quantitative estimate of drug-likeness (QED) is 0.166. The molecule has 0 bridgehead atoms. The summed E-state index contributed by atoms with van der Waals surface area (Å²) < 4.78 is 14.1. The highest BCUT2D eigenvalue weighted by Crippen LogP contribution is 2.65. The van der Waals surface area contributed by atoms with Crippen LogP contribution in [-0.4, -0.2) is 0 Å². The maximum absolute atomic E-state index is 7.06. The molecule has 0 saturated carbocycles. The highest BCUT2D eigenvalue weighted by Gasteiger charge is 2.50. The van der Waals surface area contributed by atoms with Crippen molar-refractivity contribution in [3.8, 4) is 44.5 Å². The smallest absolute Gasteiger partial charge is 0.144 e. The summed E-state index contributed by atoms with van der Waals surface area (Å²) in [5, 5.41) is 7.02. The van der Waals surface area contributed by atoms with Crippen LogP contribution in [0.1, 0.15) is 72.2 Å². The van der Waals surface area contributed by atoms with Gasteiger partial charge in [0.2, 0.25) is 0 Å². The molecule has 0 N–H and O–H groups in total. The number of furan rings is 2. The first-order valence-corrected chi connectivity index (χ1v) is 28.1. The molecule has 0 radical (unpaired) electrons. The van der Waals surface area contributed by atoms with Crippen LogP contribution in [0.3, 0.4) is 0 Å². The zero-order chi connectivity index (χ0) is 53.2. The third-order valence-corrected chi connectivity index (χ3v) is 18.6. The van der Waals surface area contributed by atoms with Crippen LogP contribution >= 0.6 is 0 Å². The Balaban J connectivity index is 0.953. The fourth-order valence-corrected chi connectivity index (χ4v) is 15.2. The Bertz CT molecular complexity index is 4900. The summed E-state index contributed by atoms with van der Waals surface area (Å²) in [6.07, 6.45) is 0. The summed E-state index contributed by atoms with van der Waals surface area (Å²) in [6.45, 7) is 9.75. The fraction of sp³-hybridized carbons (Fsp3) is 0.0909. The first-order chi connectivity index (χ1) is 39.2. The van der Waals surface area contributed by atoms with E-state index < -0.39 is 5.41 Å². The SMILES string of the molecule is CC1(C)c2ccccc2-c2c1c1c(c3c2oc2ccccc23)-c2ccc(N(c3ccc4c(c3)C(c3ccccc3)(c3ccccc3)c3cc(-c5ccccc5)c5oc6ccccc6c5c3-4)c3ccc4ccccc4c3)cc2C1(C)C. The molecule has 3 heteroatoms. The molecule has 0 unspecified atom stereocenters. The monoisotopic (exact) mass is 1020 g/mol. The highest BCUT2D eigenvalue weighted by molar-refractivity contribution is 6.22. The summed E-state index contributed by atoms with van der Waals surface area (Å²) in [7, 11) is 0. The van der Waals surface area contributed by atoms with Gasteiger partial charge in [0.25, 0.3) is 0 Å². The molecular formula is C77H53NO2. The highest BCUT2D eigenvalue weighted by atomic mass is 16.3. The maximum Gasteiger partial charge on any atom is 0.144 e. The van der Waals surface area contributed by atoms with E-state index in [1.54, 1.807) is 0 Å². The van der Waals surface area contributed by atoms with Gasteiger partial charge in [-0.25, -0.2) is 0 Å². The Morgan fingerprint density at radius 2 is 0.812 bits per heavy atom. The molecule has 0 amide bonds. The second-order valence-electron chi connectivity index (χ2n) is 23.4. The third-order valence-electron chi connectivity index (χ3n) is 18.6. The molecule has 0 atom stereocenters. The van der Waals surface area contributed by atoms with Crippen LogP contribution in [0, 0.1) is 0 Å². The largest absolute Gasteiger partial charge is 0.455 e. The Morgan fingerprint density at radius 1 is 0.325 bits per heavy atom. The van der Waals surface area contributed by atoms with Gasteiger partial charge >= 0.3 is 0 Å². The van der Waals surface area contributed by atoms with Crippen LogP contribution in [0.25, 0.3) is 99.2 Å². The Kier molecular flexibility index (Phi) is 9.17. The van der Waals surface area contributed by atoms with E-state index in [4.69, 9.17) is 8.83 Å². The van der Waals surface area contributed by atoms with Crippen LogP contribution in [0.15, 0.2) is 258 Å². The minimum absolute atomic E-state index is 0.259. The molecule has 2 aromatic heterocycles. The maximum atomic E-state index is 7.06. The molecule has 0 saturated heterocycles. The van der Waals surface area contributed by atoms with Gasteiger partial charge in [-0.1, -0.05) is 222 Å². The molecule has 3 aliphatic rings. The van der Waals surface area contributed by atoms with Crippen molar-refractivity contribution in [2.24, 2.45) is 0 Å². The van der Waals surface area contributed by atoms with Crippen LogP contribution in [0.5, 0.6) is 0 Å². The first kappa shape index (κ1) is 45.3. The number of fused-ring (bicyclic) bond motifs is 20. The predicted octanol–water partition coefficient (Wildman–Crippen LogP) is 20.8. The van der Waals surface area contributed by atoms with E-state index in [1.165, 1.54) is 94.0 Å². The van der Waals surface area contributed by atoms with Crippen molar-refractivity contribution in [3.63, 3.8) is 0 Å². The topological polar surface area (TPSA) is 29.5 Å². The van der Waals surface area contributed by atoms with Gasteiger partial charge in [-0.2, -0.15) is 0 Å². The molecule has 3 aliphatic carbocycles. The van der Waals surface area contributed by atoms with Crippen molar-refractivity contribution in [3.05, 3.63) is 293 Å². The van der Waals surface area contributed by atoms with E-state index in [2.05, 4.69) is 281 Å². The second kappa shape index (κ2) is 16.2. The van der Waals surface area contributed by atoms with Crippen molar-refractivity contribution >= 4 is 71.7 Å². The molecule has 14 aromatic rings. The van der Waals surface area contributed by atoms with Crippen molar-refractivity contribution in [1.82, 2.24) is 0 Å². The number of rotatable bonds is 6. The molecule has 0 fully saturated rings. The molecular weight excluding hydrogens is 971 g/mol. The number of hydrogen-bond acceptors (Lipinski definition) is 3. The summed E-state index contributed by atoms with van der Waals surface area (Å²) in [5.41, 5.74) is 25.6. The van der Waals surface area contributed by atoms with E-state index in [0.29, 0.717) is 0 Å². The zero-order valence-electron chi connectivity index (χ0n) is 44.9. The van der Waals surface area contributed by atoms with Crippen molar-refractivity contribution in [2.45, 2.75) is 43.9 Å². The minimum atomic E-state index is -0.723. The van der Waals surface area contributed by atoms with Crippen LogP contribution in [0.2, 0.25) is 0 Å².